The lowest BCUT2D eigenvalue weighted by molar-refractivity contribution is 0.0976. The molecule has 0 saturated carbocycles. The van der Waals surface area contributed by atoms with Crippen molar-refractivity contribution in [3.8, 4) is 17.2 Å². The van der Waals surface area contributed by atoms with Crippen molar-refractivity contribution in [1.82, 2.24) is 10.6 Å². The molecular weight excluding hydrogens is 424 g/mol. The van der Waals surface area contributed by atoms with Crippen LogP contribution in [0.25, 0.3) is 0 Å². The molecule has 2 aromatic rings. The van der Waals surface area contributed by atoms with E-state index in [0.717, 1.165) is 17.7 Å². The third-order valence-corrected chi connectivity index (χ3v) is 4.81. The van der Waals surface area contributed by atoms with Crippen LogP contribution < -0.4 is 24.8 Å². The molecular formula is C25H34N2O4S. The van der Waals surface area contributed by atoms with Gasteiger partial charge in [0.1, 0.15) is 5.75 Å². The molecule has 0 spiro atoms. The fourth-order valence-electron chi connectivity index (χ4n) is 2.71. The average molecular weight is 459 g/mol. The summed E-state index contributed by atoms with van der Waals surface area (Å²) >= 11 is 5.27. The highest BCUT2D eigenvalue weighted by atomic mass is 32.1. The van der Waals surface area contributed by atoms with Gasteiger partial charge < -0.3 is 19.5 Å². The zero-order valence-electron chi connectivity index (χ0n) is 19.6. The number of thiocarbonyl (C=S) groups is 1. The summed E-state index contributed by atoms with van der Waals surface area (Å²) in [6.07, 6.45) is 0.980. The molecule has 0 fully saturated rings. The minimum Gasteiger partial charge on any atom is -0.493 e. The summed E-state index contributed by atoms with van der Waals surface area (Å²) in [7, 11) is 1.62. The van der Waals surface area contributed by atoms with E-state index < -0.39 is 0 Å². The minimum atomic E-state index is -0.274. The summed E-state index contributed by atoms with van der Waals surface area (Å²) in [5.41, 5.74) is 1.47. The highest BCUT2D eigenvalue weighted by Gasteiger charge is 2.10. The van der Waals surface area contributed by atoms with E-state index in [1.807, 2.05) is 18.2 Å². The van der Waals surface area contributed by atoms with Crippen LogP contribution in [0.3, 0.4) is 0 Å². The molecule has 0 unspecified atom stereocenters. The van der Waals surface area contributed by atoms with E-state index in [4.69, 9.17) is 26.4 Å². The highest BCUT2D eigenvalue weighted by molar-refractivity contribution is 7.80. The van der Waals surface area contributed by atoms with Crippen LogP contribution in [0, 0.1) is 11.8 Å². The molecule has 0 aliphatic rings. The Labute approximate surface area is 196 Å². The van der Waals surface area contributed by atoms with Crippen molar-refractivity contribution in [3.63, 3.8) is 0 Å². The zero-order valence-corrected chi connectivity index (χ0v) is 20.4. The maximum Gasteiger partial charge on any atom is 0.257 e. The molecule has 32 heavy (non-hydrogen) atoms. The van der Waals surface area contributed by atoms with Gasteiger partial charge in [-0.25, -0.2) is 0 Å². The van der Waals surface area contributed by atoms with Gasteiger partial charge >= 0.3 is 0 Å². The number of hydrogen-bond acceptors (Lipinski definition) is 5. The molecule has 0 aromatic heterocycles. The number of carbonyl (C=O) groups excluding carboxylic acids is 1. The third kappa shape index (κ3) is 8.75. The lowest BCUT2D eigenvalue weighted by atomic mass is 10.1. The Hall–Kier alpha value is -2.80. The van der Waals surface area contributed by atoms with Gasteiger partial charge in [-0.1, -0.05) is 33.8 Å². The average Bonchev–Trinajstić information content (AvgIpc) is 2.76. The predicted molar refractivity (Wildman–Crippen MR) is 132 cm³/mol. The Morgan fingerprint density at radius 1 is 0.969 bits per heavy atom. The molecule has 0 saturated heterocycles. The van der Waals surface area contributed by atoms with E-state index in [1.165, 1.54) is 0 Å². The first-order valence-electron chi connectivity index (χ1n) is 10.9. The number of methoxy groups -OCH3 is 1. The van der Waals surface area contributed by atoms with Crippen molar-refractivity contribution in [2.24, 2.45) is 11.8 Å². The Kier molecular flexibility index (Phi) is 10.3. The highest BCUT2D eigenvalue weighted by Crippen LogP contribution is 2.28. The van der Waals surface area contributed by atoms with Gasteiger partial charge in [0.15, 0.2) is 16.6 Å². The Bertz CT molecular complexity index is 882. The quantitative estimate of drug-likeness (QED) is 0.464. The number of benzene rings is 2. The van der Waals surface area contributed by atoms with Crippen LogP contribution in [-0.2, 0) is 6.54 Å². The lowest BCUT2D eigenvalue weighted by Gasteiger charge is -2.14. The summed E-state index contributed by atoms with van der Waals surface area (Å²) in [4.78, 5) is 12.4. The van der Waals surface area contributed by atoms with Crippen molar-refractivity contribution in [2.45, 2.75) is 40.7 Å². The number of carbonyl (C=O) groups is 1. The van der Waals surface area contributed by atoms with Gasteiger partial charge in [-0.05, 0) is 72.4 Å². The van der Waals surface area contributed by atoms with Crippen molar-refractivity contribution in [3.05, 3.63) is 53.6 Å². The molecule has 0 bridgehead atoms. The summed E-state index contributed by atoms with van der Waals surface area (Å²) < 4.78 is 16.9. The first-order valence-corrected chi connectivity index (χ1v) is 11.3. The van der Waals surface area contributed by atoms with Crippen LogP contribution in [0.15, 0.2) is 42.5 Å². The topological polar surface area (TPSA) is 68.8 Å². The largest absolute Gasteiger partial charge is 0.493 e. The second kappa shape index (κ2) is 12.9. The number of rotatable bonds is 11. The molecule has 0 aliphatic carbocycles. The molecule has 174 valence electrons. The summed E-state index contributed by atoms with van der Waals surface area (Å²) in [5.74, 6) is 2.87. The van der Waals surface area contributed by atoms with Crippen LogP contribution >= 0.6 is 12.2 Å². The van der Waals surface area contributed by atoms with E-state index in [0.29, 0.717) is 48.7 Å². The van der Waals surface area contributed by atoms with Crippen LogP contribution in [0.1, 0.15) is 50.0 Å². The van der Waals surface area contributed by atoms with Gasteiger partial charge in [-0.15, -0.1) is 0 Å². The first kappa shape index (κ1) is 25.5. The molecule has 0 aliphatic heterocycles. The molecule has 0 radical (unpaired) electrons. The fourth-order valence-corrected chi connectivity index (χ4v) is 2.88. The van der Waals surface area contributed by atoms with E-state index in [-0.39, 0.29) is 11.0 Å². The number of nitrogens with one attached hydrogen (secondary N) is 2. The Morgan fingerprint density at radius 3 is 2.31 bits per heavy atom. The first-order chi connectivity index (χ1) is 15.3. The summed E-state index contributed by atoms with van der Waals surface area (Å²) in [5, 5.41) is 6.01. The molecule has 7 heteroatoms. The molecule has 2 aromatic carbocycles. The number of hydrogen-bond donors (Lipinski definition) is 2. The van der Waals surface area contributed by atoms with Gasteiger partial charge in [0.25, 0.3) is 5.91 Å². The molecule has 0 atom stereocenters. The zero-order chi connectivity index (χ0) is 23.5. The maximum atomic E-state index is 12.4. The second-order valence-corrected chi connectivity index (χ2v) is 8.79. The van der Waals surface area contributed by atoms with Gasteiger partial charge in [0.05, 0.1) is 20.3 Å². The Balaban J connectivity index is 1.84. The van der Waals surface area contributed by atoms with Crippen molar-refractivity contribution in [2.75, 3.05) is 20.3 Å². The number of amides is 1. The van der Waals surface area contributed by atoms with E-state index >= 15 is 0 Å². The fraction of sp³-hybridized carbons (Fsp3) is 0.440. The van der Waals surface area contributed by atoms with Gasteiger partial charge in [-0.2, -0.15) is 0 Å². The smallest absolute Gasteiger partial charge is 0.257 e. The van der Waals surface area contributed by atoms with E-state index in [9.17, 15) is 4.79 Å². The standard InChI is InChI=1S/C25H34N2O4S/c1-17(2)12-13-30-22-11-6-19(14-23(22)29-5)15-26-25(32)27-24(28)20-7-9-21(10-8-20)31-16-18(3)4/h6-11,14,17-18H,12-13,15-16H2,1-5H3,(H2,26,27,28,32). The normalized spacial score (nSPS) is 10.7. The lowest BCUT2D eigenvalue weighted by Crippen LogP contribution is -2.38. The van der Waals surface area contributed by atoms with E-state index in [1.54, 1.807) is 31.4 Å². The van der Waals surface area contributed by atoms with Crippen molar-refractivity contribution < 1.29 is 19.0 Å². The number of ether oxygens (including phenoxy) is 3. The minimum absolute atomic E-state index is 0.256. The monoisotopic (exact) mass is 458 g/mol. The molecule has 6 nitrogen and oxygen atoms in total. The predicted octanol–water partition coefficient (Wildman–Crippen LogP) is 4.96. The van der Waals surface area contributed by atoms with Gasteiger partial charge in [0, 0.05) is 12.1 Å². The van der Waals surface area contributed by atoms with Crippen LogP contribution in [-0.4, -0.2) is 31.3 Å². The Morgan fingerprint density at radius 2 is 1.69 bits per heavy atom. The second-order valence-electron chi connectivity index (χ2n) is 8.38. The molecule has 1 amide bonds. The maximum absolute atomic E-state index is 12.4. The molecule has 0 heterocycles. The third-order valence-electron chi connectivity index (χ3n) is 4.56. The van der Waals surface area contributed by atoms with Crippen molar-refractivity contribution in [1.29, 1.82) is 0 Å². The van der Waals surface area contributed by atoms with E-state index in [2.05, 4.69) is 38.3 Å². The molecule has 2 N–H and O–H groups in total. The SMILES string of the molecule is COc1cc(CNC(=S)NC(=O)c2ccc(OCC(C)C)cc2)ccc1OCCC(C)C. The van der Waals surface area contributed by atoms with Crippen LogP contribution in [0.2, 0.25) is 0 Å². The van der Waals surface area contributed by atoms with Gasteiger partial charge in [-0.3, -0.25) is 10.1 Å². The molecule has 2 rings (SSSR count). The van der Waals surface area contributed by atoms with Crippen molar-refractivity contribution >= 4 is 23.2 Å². The summed E-state index contributed by atoms with van der Waals surface area (Å²) in [6, 6.07) is 12.7. The van der Waals surface area contributed by atoms with Crippen LogP contribution in [0.5, 0.6) is 17.2 Å². The van der Waals surface area contributed by atoms with Gasteiger partial charge in [0.2, 0.25) is 0 Å². The van der Waals surface area contributed by atoms with Crippen LogP contribution in [0.4, 0.5) is 0 Å². The summed E-state index contributed by atoms with van der Waals surface area (Å²) in [6.45, 7) is 10.2.